The van der Waals surface area contributed by atoms with E-state index in [9.17, 15) is 14.0 Å². The van der Waals surface area contributed by atoms with Gasteiger partial charge in [0.25, 0.3) is 0 Å². The van der Waals surface area contributed by atoms with Crippen molar-refractivity contribution in [2.75, 3.05) is 52.2 Å². The highest BCUT2D eigenvalue weighted by molar-refractivity contribution is 5.94. The average molecular weight is 366 g/mol. The Labute approximate surface area is 153 Å². The van der Waals surface area contributed by atoms with Crippen molar-refractivity contribution in [1.82, 2.24) is 15.1 Å². The first kappa shape index (κ1) is 20.1. The highest BCUT2D eigenvalue weighted by Crippen LogP contribution is 2.17. The quantitative estimate of drug-likeness (QED) is 0.751. The Morgan fingerprint density at radius 3 is 2.62 bits per heavy atom. The lowest BCUT2D eigenvalue weighted by Crippen LogP contribution is -2.46. The molecule has 1 aliphatic heterocycles. The van der Waals surface area contributed by atoms with Gasteiger partial charge in [-0.05, 0) is 38.6 Å². The van der Waals surface area contributed by atoms with Gasteiger partial charge < -0.3 is 25.2 Å². The third-order valence-corrected chi connectivity index (χ3v) is 4.49. The molecular formula is C18H27FN4O3. The fourth-order valence-corrected chi connectivity index (χ4v) is 2.77. The van der Waals surface area contributed by atoms with Gasteiger partial charge in [-0.25, -0.2) is 14.0 Å². The van der Waals surface area contributed by atoms with Gasteiger partial charge in [-0.15, -0.1) is 0 Å². The summed E-state index contributed by atoms with van der Waals surface area (Å²) in [6.45, 7) is 6.98. The van der Waals surface area contributed by atoms with Gasteiger partial charge in [0, 0.05) is 38.8 Å². The monoisotopic (exact) mass is 366 g/mol. The molecule has 1 aromatic rings. The van der Waals surface area contributed by atoms with Crippen molar-refractivity contribution in [3.8, 4) is 0 Å². The number of nitrogens with one attached hydrogen (secondary N) is 2. The number of piperazine rings is 1. The highest BCUT2D eigenvalue weighted by atomic mass is 19.1. The van der Waals surface area contributed by atoms with Crippen LogP contribution in [0, 0.1) is 5.82 Å². The molecule has 1 saturated heterocycles. The van der Waals surface area contributed by atoms with Crippen molar-refractivity contribution in [1.29, 1.82) is 0 Å². The maximum Gasteiger partial charge on any atom is 0.337 e. The van der Waals surface area contributed by atoms with Gasteiger partial charge in [0.1, 0.15) is 5.82 Å². The van der Waals surface area contributed by atoms with E-state index in [1.807, 2.05) is 6.92 Å². The van der Waals surface area contributed by atoms with Crippen LogP contribution < -0.4 is 10.6 Å². The molecule has 1 aliphatic rings. The molecule has 0 aromatic heterocycles. The number of hydrogen-bond donors (Lipinski definition) is 2. The average Bonchev–Trinajstić information content (AvgIpc) is 2.62. The number of esters is 1. The Kier molecular flexibility index (Phi) is 7.35. The van der Waals surface area contributed by atoms with Crippen LogP contribution in [0.4, 0.5) is 14.9 Å². The van der Waals surface area contributed by atoms with E-state index in [-0.39, 0.29) is 17.3 Å². The number of amides is 2. The number of anilines is 1. The van der Waals surface area contributed by atoms with E-state index < -0.39 is 17.8 Å². The van der Waals surface area contributed by atoms with E-state index in [1.165, 1.54) is 19.2 Å². The second-order valence-corrected chi connectivity index (χ2v) is 6.62. The molecule has 0 saturated carbocycles. The molecule has 144 valence electrons. The van der Waals surface area contributed by atoms with E-state index in [0.29, 0.717) is 0 Å². The van der Waals surface area contributed by atoms with Crippen LogP contribution in [0.2, 0.25) is 0 Å². The molecule has 0 radical (unpaired) electrons. The molecule has 1 atom stereocenters. The maximum atomic E-state index is 13.9. The molecule has 2 amide bonds. The molecule has 26 heavy (non-hydrogen) atoms. The Bertz CT molecular complexity index is 633. The molecular weight excluding hydrogens is 339 g/mol. The van der Waals surface area contributed by atoms with E-state index in [2.05, 4.69) is 32.2 Å². The van der Waals surface area contributed by atoms with Gasteiger partial charge in [0.2, 0.25) is 0 Å². The normalized spacial score (nSPS) is 16.8. The highest BCUT2D eigenvalue weighted by Gasteiger charge is 2.16. The summed E-state index contributed by atoms with van der Waals surface area (Å²) in [5.74, 6) is -1.20. The number of hydrogen-bond acceptors (Lipinski definition) is 5. The van der Waals surface area contributed by atoms with Crippen LogP contribution >= 0.6 is 0 Å². The molecule has 0 unspecified atom stereocenters. The summed E-state index contributed by atoms with van der Waals surface area (Å²) in [6.07, 6.45) is 0.807. The number of likely N-dealkylation sites (N-methyl/N-ethyl adjacent to an activating group) is 1. The minimum Gasteiger partial charge on any atom is -0.465 e. The molecule has 1 fully saturated rings. The number of methoxy groups -OCH3 is 1. The fraction of sp³-hybridized carbons (Fsp3) is 0.556. The van der Waals surface area contributed by atoms with Crippen molar-refractivity contribution >= 4 is 17.7 Å². The van der Waals surface area contributed by atoms with Crippen LogP contribution in [-0.2, 0) is 4.74 Å². The number of carbonyl (C=O) groups excluding carboxylic acids is 2. The largest absolute Gasteiger partial charge is 0.465 e. The summed E-state index contributed by atoms with van der Waals surface area (Å²) in [7, 11) is 3.35. The Morgan fingerprint density at radius 2 is 1.96 bits per heavy atom. The minimum absolute atomic E-state index is 0.0542. The van der Waals surface area contributed by atoms with Gasteiger partial charge >= 0.3 is 12.0 Å². The molecule has 1 heterocycles. The van der Waals surface area contributed by atoms with Crippen molar-refractivity contribution in [3.63, 3.8) is 0 Å². The Hall–Kier alpha value is -2.19. The summed E-state index contributed by atoms with van der Waals surface area (Å²) < 4.78 is 18.5. The molecule has 8 heteroatoms. The fourth-order valence-electron chi connectivity index (χ4n) is 2.77. The summed E-state index contributed by atoms with van der Waals surface area (Å²) in [5.41, 5.74) is 0.115. The van der Waals surface area contributed by atoms with Crippen LogP contribution in [0.25, 0.3) is 0 Å². The summed E-state index contributed by atoms with van der Waals surface area (Å²) in [5, 5.41) is 5.25. The SMILES string of the molecule is COC(=O)c1ccc(F)c(NC(=O)N[C@H](C)CCN2CCN(C)CC2)c1. The second kappa shape index (κ2) is 9.49. The van der Waals surface area contributed by atoms with E-state index in [1.54, 1.807) is 0 Å². The molecule has 2 N–H and O–H groups in total. The lowest BCUT2D eigenvalue weighted by Gasteiger charge is -2.32. The first-order chi connectivity index (χ1) is 12.4. The van der Waals surface area contributed by atoms with Crippen LogP contribution in [-0.4, -0.2) is 74.7 Å². The molecule has 1 aromatic carbocycles. The number of ether oxygens (including phenoxy) is 1. The zero-order valence-electron chi connectivity index (χ0n) is 15.5. The van der Waals surface area contributed by atoms with E-state index in [0.717, 1.165) is 45.2 Å². The number of urea groups is 1. The summed E-state index contributed by atoms with van der Waals surface area (Å²) in [6, 6.07) is 3.13. The zero-order chi connectivity index (χ0) is 19.1. The summed E-state index contributed by atoms with van der Waals surface area (Å²) >= 11 is 0. The van der Waals surface area contributed by atoms with Crippen LogP contribution in [0.3, 0.4) is 0 Å². The van der Waals surface area contributed by atoms with Crippen molar-refractivity contribution in [2.24, 2.45) is 0 Å². The topological polar surface area (TPSA) is 73.9 Å². The lowest BCUT2D eigenvalue weighted by atomic mass is 10.2. The molecule has 7 nitrogen and oxygen atoms in total. The smallest absolute Gasteiger partial charge is 0.337 e. The van der Waals surface area contributed by atoms with Crippen molar-refractivity contribution in [2.45, 2.75) is 19.4 Å². The predicted octanol–water partition coefficient (Wildman–Crippen LogP) is 1.76. The summed E-state index contributed by atoms with van der Waals surface area (Å²) in [4.78, 5) is 28.3. The second-order valence-electron chi connectivity index (χ2n) is 6.62. The Morgan fingerprint density at radius 1 is 1.27 bits per heavy atom. The predicted molar refractivity (Wildman–Crippen MR) is 97.9 cm³/mol. The zero-order valence-corrected chi connectivity index (χ0v) is 15.5. The van der Waals surface area contributed by atoms with Gasteiger partial charge in [-0.2, -0.15) is 0 Å². The third kappa shape index (κ3) is 5.96. The molecule has 0 bridgehead atoms. The van der Waals surface area contributed by atoms with Crippen LogP contribution in [0.1, 0.15) is 23.7 Å². The molecule has 2 rings (SSSR count). The standard InChI is InChI=1S/C18H27FN4O3/c1-13(6-7-23-10-8-22(2)9-11-23)20-18(25)21-16-12-14(17(24)26-3)4-5-15(16)19/h4-5,12-13H,6-11H2,1-3H3,(H2,20,21,25)/t13-/m1/s1. The van der Waals surface area contributed by atoms with Gasteiger partial charge in [0.15, 0.2) is 0 Å². The van der Waals surface area contributed by atoms with Crippen LogP contribution in [0.15, 0.2) is 18.2 Å². The minimum atomic E-state index is -0.613. The van der Waals surface area contributed by atoms with Crippen molar-refractivity contribution < 1.29 is 18.7 Å². The number of halogens is 1. The number of benzene rings is 1. The number of nitrogens with zero attached hydrogens (tertiary/aromatic N) is 2. The molecule has 0 aliphatic carbocycles. The van der Waals surface area contributed by atoms with Crippen LogP contribution in [0.5, 0.6) is 0 Å². The first-order valence-electron chi connectivity index (χ1n) is 8.75. The van der Waals surface area contributed by atoms with E-state index in [4.69, 9.17) is 0 Å². The maximum absolute atomic E-state index is 13.9. The lowest BCUT2D eigenvalue weighted by molar-refractivity contribution is 0.0600. The first-order valence-corrected chi connectivity index (χ1v) is 8.75. The van der Waals surface area contributed by atoms with Crippen molar-refractivity contribution in [3.05, 3.63) is 29.6 Å². The molecule has 0 spiro atoms. The number of rotatable bonds is 6. The third-order valence-electron chi connectivity index (χ3n) is 4.49. The van der Waals surface area contributed by atoms with Gasteiger partial charge in [-0.3, -0.25) is 0 Å². The van der Waals surface area contributed by atoms with Gasteiger partial charge in [-0.1, -0.05) is 0 Å². The van der Waals surface area contributed by atoms with Gasteiger partial charge in [0.05, 0.1) is 18.4 Å². The Balaban J connectivity index is 1.81. The van der Waals surface area contributed by atoms with E-state index >= 15 is 0 Å². The number of carbonyl (C=O) groups is 2.